The molecule has 0 fully saturated rings. The Bertz CT molecular complexity index is 362. The molecule has 66 valence electrons. The van der Waals surface area contributed by atoms with Crippen molar-refractivity contribution < 1.29 is 9.59 Å². The SMILES string of the molecule is N#C[C@@H]1C(=O)NC(=O)C2=C1CCC2. The Labute approximate surface area is 75.2 Å². The van der Waals surface area contributed by atoms with E-state index in [1.165, 1.54) is 0 Å². The van der Waals surface area contributed by atoms with Gasteiger partial charge in [-0.05, 0) is 24.8 Å². The van der Waals surface area contributed by atoms with E-state index in [9.17, 15) is 9.59 Å². The number of nitrogens with zero attached hydrogens (tertiary/aromatic N) is 1. The molecule has 4 nitrogen and oxygen atoms in total. The van der Waals surface area contributed by atoms with Crippen molar-refractivity contribution in [2.75, 3.05) is 0 Å². The molecule has 0 unspecified atom stereocenters. The molecule has 13 heavy (non-hydrogen) atoms. The van der Waals surface area contributed by atoms with Crippen LogP contribution in [-0.4, -0.2) is 11.8 Å². The van der Waals surface area contributed by atoms with E-state index in [4.69, 9.17) is 5.26 Å². The molecular formula is C9H8N2O2. The van der Waals surface area contributed by atoms with Crippen LogP contribution in [0.2, 0.25) is 0 Å². The summed E-state index contributed by atoms with van der Waals surface area (Å²) in [5.41, 5.74) is 1.41. The maximum Gasteiger partial charge on any atom is 0.253 e. The van der Waals surface area contributed by atoms with Crippen LogP contribution in [0.15, 0.2) is 11.1 Å². The van der Waals surface area contributed by atoms with E-state index in [0.29, 0.717) is 18.4 Å². The number of amides is 2. The van der Waals surface area contributed by atoms with Gasteiger partial charge >= 0.3 is 0 Å². The van der Waals surface area contributed by atoms with Crippen molar-refractivity contribution in [3.05, 3.63) is 11.1 Å². The predicted molar refractivity (Wildman–Crippen MR) is 43.1 cm³/mol. The van der Waals surface area contributed by atoms with E-state index in [1.807, 2.05) is 6.07 Å². The van der Waals surface area contributed by atoms with Gasteiger partial charge in [-0.2, -0.15) is 5.26 Å². The van der Waals surface area contributed by atoms with Gasteiger partial charge in [0.15, 0.2) is 0 Å². The standard InChI is InChI=1S/C9H8N2O2/c10-4-7-5-2-1-3-6(5)8(12)11-9(7)13/h7H,1-3H2,(H,11,12,13)/t7-/m0/s1. The maximum atomic E-state index is 11.2. The average molecular weight is 176 g/mol. The van der Waals surface area contributed by atoms with Gasteiger partial charge in [0.25, 0.3) is 5.91 Å². The molecule has 0 aromatic carbocycles. The van der Waals surface area contributed by atoms with Crippen LogP contribution in [0.1, 0.15) is 19.3 Å². The van der Waals surface area contributed by atoms with Crippen molar-refractivity contribution in [3.63, 3.8) is 0 Å². The van der Waals surface area contributed by atoms with Crippen LogP contribution in [0.25, 0.3) is 0 Å². The summed E-state index contributed by atoms with van der Waals surface area (Å²) in [5, 5.41) is 10.9. The molecule has 1 heterocycles. The van der Waals surface area contributed by atoms with Gasteiger partial charge in [0, 0.05) is 5.57 Å². The fourth-order valence-electron chi connectivity index (χ4n) is 1.90. The van der Waals surface area contributed by atoms with Crippen molar-refractivity contribution in [2.24, 2.45) is 5.92 Å². The second-order valence-corrected chi connectivity index (χ2v) is 3.24. The predicted octanol–water partition coefficient (Wildman–Crippen LogP) is 0.263. The molecule has 1 N–H and O–H groups in total. The molecule has 1 atom stereocenters. The lowest BCUT2D eigenvalue weighted by atomic mass is 9.92. The number of nitrogens with one attached hydrogen (secondary N) is 1. The monoisotopic (exact) mass is 176 g/mol. The second kappa shape index (κ2) is 2.70. The Balaban J connectivity index is 2.46. The topological polar surface area (TPSA) is 70.0 Å². The first kappa shape index (κ1) is 7.99. The van der Waals surface area contributed by atoms with Gasteiger partial charge in [-0.15, -0.1) is 0 Å². The largest absolute Gasteiger partial charge is 0.291 e. The molecule has 0 bridgehead atoms. The van der Waals surface area contributed by atoms with Crippen LogP contribution in [-0.2, 0) is 9.59 Å². The van der Waals surface area contributed by atoms with E-state index in [0.717, 1.165) is 12.0 Å². The minimum absolute atomic E-state index is 0.302. The molecule has 0 saturated carbocycles. The lowest BCUT2D eigenvalue weighted by molar-refractivity contribution is -0.130. The third-order valence-electron chi connectivity index (χ3n) is 2.51. The number of rotatable bonds is 0. The summed E-state index contributed by atoms with van der Waals surface area (Å²) in [6, 6.07) is 1.92. The van der Waals surface area contributed by atoms with E-state index >= 15 is 0 Å². The van der Waals surface area contributed by atoms with E-state index in [1.54, 1.807) is 0 Å². The van der Waals surface area contributed by atoms with Gasteiger partial charge in [0.1, 0.15) is 5.92 Å². The highest BCUT2D eigenvalue weighted by Gasteiger charge is 2.36. The van der Waals surface area contributed by atoms with Gasteiger partial charge in [0.05, 0.1) is 6.07 Å². The summed E-state index contributed by atoms with van der Waals surface area (Å²) in [6.07, 6.45) is 2.29. The van der Waals surface area contributed by atoms with Crippen LogP contribution in [0.5, 0.6) is 0 Å². The van der Waals surface area contributed by atoms with Gasteiger partial charge in [-0.25, -0.2) is 0 Å². The highest BCUT2D eigenvalue weighted by Crippen LogP contribution is 2.33. The van der Waals surface area contributed by atoms with Crippen LogP contribution >= 0.6 is 0 Å². The van der Waals surface area contributed by atoms with E-state index in [-0.39, 0.29) is 5.91 Å². The van der Waals surface area contributed by atoms with Crippen LogP contribution in [0, 0.1) is 17.2 Å². The van der Waals surface area contributed by atoms with Crippen LogP contribution in [0.4, 0.5) is 0 Å². The lowest BCUT2D eigenvalue weighted by Gasteiger charge is -2.17. The van der Waals surface area contributed by atoms with Gasteiger partial charge in [-0.1, -0.05) is 0 Å². The molecule has 0 radical (unpaired) electrons. The molecule has 1 aliphatic carbocycles. The molecule has 0 saturated heterocycles. The molecule has 0 aromatic rings. The third-order valence-corrected chi connectivity index (χ3v) is 2.51. The molecule has 0 spiro atoms. The summed E-state index contributed by atoms with van der Waals surface area (Å²) >= 11 is 0. The van der Waals surface area contributed by atoms with Gasteiger partial charge in [0.2, 0.25) is 5.91 Å². The molecular weight excluding hydrogens is 168 g/mol. The lowest BCUT2D eigenvalue weighted by Crippen LogP contribution is -2.41. The minimum Gasteiger partial charge on any atom is -0.291 e. The van der Waals surface area contributed by atoms with Crippen molar-refractivity contribution in [2.45, 2.75) is 19.3 Å². The Morgan fingerprint density at radius 1 is 1.38 bits per heavy atom. The van der Waals surface area contributed by atoms with E-state index < -0.39 is 11.8 Å². The molecule has 4 heteroatoms. The summed E-state index contributed by atoms with van der Waals surface area (Å²) in [6.45, 7) is 0. The number of carbonyl (C=O) groups is 2. The molecule has 2 amide bonds. The molecule has 2 aliphatic rings. The summed E-state index contributed by atoms with van der Waals surface area (Å²) < 4.78 is 0. The molecule has 1 aliphatic heterocycles. The zero-order chi connectivity index (χ0) is 9.42. The Kier molecular flexibility index (Phi) is 1.66. The Morgan fingerprint density at radius 3 is 2.85 bits per heavy atom. The summed E-state index contributed by atoms with van der Waals surface area (Å²) in [5.74, 6) is -1.49. The van der Waals surface area contributed by atoms with Gasteiger partial charge < -0.3 is 0 Å². The summed E-state index contributed by atoms with van der Waals surface area (Å²) in [7, 11) is 0. The van der Waals surface area contributed by atoms with Crippen molar-refractivity contribution in [1.82, 2.24) is 5.32 Å². The fraction of sp³-hybridized carbons (Fsp3) is 0.444. The zero-order valence-electron chi connectivity index (χ0n) is 6.96. The molecule has 2 rings (SSSR count). The first-order valence-corrected chi connectivity index (χ1v) is 4.20. The maximum absolute atomic E-state index is 11.2. The number of hydrogen-bond donors (Lipinski definition) is 1. The Hall–Kier alpha value is -1.63. The molecule has 0 aromatic heterocycles. The zero-order valence-corrected chi connectivity index (χ0v) is 6.96. The number of imide groups is 1. The highest BCUT2D eigenvalue weighted by molar-refractivity contribution is 6.10. The number of nitriles is 1. The fourth-order valence-corrected chi connectivity index (χ4v) is 1.90. The Morgan fingerprint density at radius 2 is 2.15 bits per heavy atom. The van der Waals surface area contributed by atoms with Crippen molar-refractivity contribution >= 4 is 11.8 Å². The van der Waals surface area contributed by atoms with Crippen LogP contribution < -0.4 is 5.32 Å². The number of hydrogen-bond acceptors (Lipinski definition) is 3. The average Bonchev–Trinajstić information content (AvgIpc) is 2.53. The van der Waals surface area contributed by atoms with E-state index in [2.05, 4.69) is 5.32 Å². The van der Waals surface area contributed by atoms with Crippen molar-refractivity contribution in [1.29, 1.82) is 5.26 Å². The minimum atomic E-state index is -0.727. The third kappa shape index (κ3) is 1.04. The first-order chi connectivity index (χ1) is 6.24. The highest BCUT2D eigenvalue weighted by atomic mass is 16.2. The second-order valence-electron chi connectivity index (χ2n) is 3.24. The number of carbonyl (C=O) groups excluding carboxylic acids is 2. The van der Waals surface area contributed by atoms with Crippen LogP contribution in [0.3, 0.4) is 0 Å². The van der Waals surface area contributed by atoms with Crippen molar-refractivity contribution in [3.8, 4) is 6.07 Å². The normalized spacial score (nSPS) is 26.8. The summed E-state index contributed by atoms with van der Waals surface area (Å²) in [4.78, 5) is 22.4. The first-order valence-electron chi connectivity index (χ1n) is 4.20. The smallest absolute Gasteiger partial charge is 0.253 e. The quantitative estimate of drug-likeness (QED) is 0.538. The van der Waals surface area contributed by atoms with Gasteiger partial charge in [-0.3, -0.25) is 14.9 Å².